The largest absolute Gasteiger partial charge is 3.00 e. The second-order valence-corrected chi connectivity index (χ2v) is 4.75. The maximum Gasteiger partial charge on any atom is 3.00 e. The van der Waals surface area contributed by atoms with Crippen LogP contribution in [0.1, 0.15) is 12.5 Å². The molecule has 3 aromatic rings. The van der Waals surface area contributed by atoms with Gasteiger partial charge in [-0.3, -0.25) is 0 Å². The van der Waals surface area contributed by atoms with Crippen molar-refractivity contribution < 1.29 is 55.8 Å². The third-order valence-corrected chi connectivity index (χ3v) is 3.62. The molecule has 0 heterocycles. The molecule has 0 aliphatic carbocycles. The number of ether oxygens (including phenoxy) is 1. The Morgan fingerprint density at radius 1 is 1.00 bits per heavy atom. The molecule has 0 amide bonds. The average Bonchev–Trinajstić information content (AvgIpc) is 2.90. The molecular weight excluding hydrogens is 394 g/mol. The average molecular weight is 411 g/mol. The predicted octanol–water partition coefficient (Wildman–Crippen LogP) is -1.20. The maximum absolute atomic E-state index is 5.21. The Balaban J connectivity index is 0.00000147. The Hall–Kier alpha value is -0.687. The summed E-state index contributed by atoms with van der Waals surface area (Å²) in [5, 5.41) is 2.66. The summed E-state index contributed by atoms with van der Waals surface area (Å²) in [6.45, 7) is 2.20. The van der Waals surface area contributed by atoms with Crippen molar-refractivity contribution in [3.8, 4) is 16.9 Å². The van der Waals surface area contributed by atoms with Crippen LogP contribution in [0.25, 0.3) is 21.9 Å². The van der Waals surface area contributed by atoms with Crippen LogP contribution in [0.4, 0.5) is 0 Å². The molecule has 1 radical (unpaired) electrons. The van der Waals surface area contributed by atoms with Gasteiger partial charge in [0.05, 0.1) is 7.11 Å². The van der Waals surface area contributed by atoms with Crippen molar-refractivity contribution >= 4 is 10.8 Å². The molecule has 0 saturated carbocycles. The Labute approximate surface area is 163 Å². The first-order valence-electron chi connectivity index (χ1n) is 6.64. The van der Waals surface area contributed by atoms with Crippen molar-refractivity contribution in [1.29, 1.82) is 0 Å². The van der Waals surface area contributed by atoms with Crippen molar-refractivity contribution in [1.82, 2.24) is 0 Å². The van der Waals surface area contributed by atoms with E-state index in [1.165, 1.54) is 27.5 Å². The van der Waals surface area contributed by atoms with Gasteiger partial charge < -0.3 is 29.6 Å². The molecule has 0 spiro atoms. The first kappa shape index (κ1) is 21.3. The summed E-state index contributed by atoms with van der Waals surface area (Å²) >= 11 is 0. The Kier molecular flexibility index (Phi) is 9.16. The van der Waals surface area contributed by atoms with Crippen LogP contribution in [0.15, 0.2) is 54.6 Å². The summed E-state index contributed by atoms with van der Waals surface area (Å²) in [5.74, 6) is 0.896. The minimum Gasteiger partial charge on any atom is -1.00 e. The Bertz CT molecular complexity index is 705. The van der Waals surface area contributed by atoms with Gasteiger partial charge in [-0.1, -0.05) is 30.7 Å². The van der Waals surface area contributed by atoms with E-state index in [-0.39, 0.29) is 51.0 Å². The van der Waals surface area contributed by atoms with E-state index in [1.807, 2.05) is 12.1 Å². The molecular formula is C18H17Cl2OZr. The summed E-state index contributed by atoms with van der Waals surface area (Å²) in [7, 11) is 1.69. The molecule has 0 unspecified atom stereocenters. The zero-order valence-corrected chi connectivity index (χ0v) is 16.5. The fraction of sp³-hybridized carbons (Fsp3) is 0.167. The van der Waals surface area contributed by atoms with Gasteiger partial charge in [-0.05, 0) is 24.1 Å². The van der Waals surface area contributed by atoms with Crippen LogP contribution in [0, 0.1) is 0 Å². The second kappa shape index (κ2) is 9.45. The van der Waals surface area contributed by atoms with Gasteiger partial charge in [-0.2, -0.15) is 6.07 Å². The minimum absolute atomic E-state index is 0. The van der Waals surface area contributed by atoms with Crippen molar-refractivity contribution in [2.24, 2.45) is 0 Å². The summed E-state index contributed by atoms with van der Waals surface area (Å²) in [6, 6.07) is 19.3. The first-order valence-corrected chi connectivity index (χ1v) is 6.64. The van der Waals surface area contributed by atoms with E-state index in [9.17, 15) is 0 Å². The zero-order chi connectivity index (χ0) is 13.2. The molecule has 22 heavy (non-hydrogen) atoms. The van der Waals surface area contributed by atoms with Gasteiger partial charge in [0, 0.05) is 0 Å². The number of benzene rings is 2. The molecule has 0 aliphatic rings. The van der Waals surface area contributed by atoms with Gasteiger partial charge >= 0.3 is 26.2 Å². The monoisotopic (exact) mass is 409 g/mol. The molecule has 0 atom stereocenters. The van der Waals surface area contributed by atoms with Gasteiger partial charge in [0.2, 0.25) is 0 Å². The van der Waals surface area contributed by atoms with Crippen LogP contribution in [-0.4, -0.2) is 7.11 Å². The predicted molar refractivity (Wildman–Crippen MR) is 80.9 cm³/mol. The van der Waals surface area contributed by atoms with Crippen molar-refractivity contribution in [2.75, 3.05) is 7.11 Å². The topological polar surface area (TPSA) is 9.23 Å². The minimum atomic E-state index is 0. The third-order valence-electron chi connectivity index (χ3n) is 3.62. The number of halogens is 2. The summed E-state index contributed by atoms with van der Waals surface area (Å²) in [6.07, 6.45) is 1.08. The van der Waals surface area contributed by atoms with Crippen molar-refractivity contribution in [2.45, 2.75) is 13.3 Å². The molecule has 0 saturated heterocycles. The maximum atomic E-state index is 5.21. The smallest absolute Gasteiger partial charge is 1.00 e. The van der Waals surface area contributed by atoms with Crippen LogP contribution in [-0.2, 0) is 32.6 Å². The Morgan fingerprint density at radius 2 is 1.68 bits per heavy atom. The number of fused-ring (bicyclic) bond motifs is 1. The van der Waals surface area contributed by atoms with Gasteiger partial charge in [-0.25, -0.2) is 0 Å². The van der Waals surface area contributed by atoms with Gasteiger partial charge in [0.1, 0.15) is 5.75 Å². The molecule has 0 N–H and O–H groups in total. The van der Waals surface area contributed by atoms with Crippen LogP contribution >= 0.6 is 0 Å². The zero-order valence-electron chi connectivity index (χ0n) is 12.6. The van der Waals surface area contributed by atoms with E-state index in [0.29, 0.717) is 0 Å². The molecule has 113 valence electrons. The van der Waals surface area contributed by atoms with Crippen molar-refractivity contribution in [3.63, 3.8) is 0 Å². The Morgan fingerprint density at radius 3 is 2.27 bits per heavy atom. The standard InChI is InChI=1S/C18H17O.2ClH.Zr/c1-3-13-11-15-5-4-6-17(18(15)12-13)14-7-9-16(19-2)10-8-14;;;/h4-12H,3H2,1-2H3;2*1H;/q-1;;;+3/p-2. The van der Waals surface area contributed by atoms with Crippen LogP contribution in [0.2, 0.25) is 0 Å². The molecule has 0 aliphatic heterocycles. The van der Waals surface area contributed by atoms with E-state index in [4.69, 9.17) is 4.74 Å². The first-order chi connectivity index (χ1) is 9.31. The van der Waals surface area contributed by atoms with Gasteiger partial charge in [0.25, 0.3) is 0 Å². The van der Waals surface area contributed by atoms with E-state index in [1.54, 1.807) is 7.11 Å². The molecule has 4 heteroatoms. The summed E-state index contributed by atoms with van der Waals surface area (Å²) in [5.41, 5.74) is 3.93. The van der Waals surface area contributed by atoms with E-state index < -0.39 is 0 Å². The van der Waals surface area contributed by atoms with Crippen LogP contribution < -0.4 is 29.6 Å². The third kappa shape index (κ3) is 4.19. The van der Waals surface area contributed by atoms with E-state index >= 15 is 0 Å². The number of hydrogen-bond acceptors (Lipinski definition) is 1. The number of hydrogen-bond donors (Lipinski definition) is 0. The molecule has 1 nitrogen and oxygen atoms in total. The van der Waals surface area contributed by atoms with E-state index in [0.717, 1.165) is 12.2 Å². The van der Waals surface area contributed by atoms with Crippen LogP contribution in [0.3, 0.4) is 0 Å². The molecule has 0 fully saturated rings. The van der Waals surface area contributed by atoms with Crippen LogP contribution in [0.5, 0.6) is 5.75 Å². The molecule has 0 bridgehead atoms. The molecule has 3 aromatic carbocycles. The second-order valence-electron chi connectivity index (χ2n) is 4.75. The van der Waals surface area contributed by atoms with Gasteiger partial charge in [-0.15, -0.1) is 34.5 Å². The number of methoxy groups -OCH3 is 1. The fourth-order valence-electron chi connectivity index (χ4n) is 2.52. The van der Waals surface area contributed by atoms with E-state index in [2.05, 4.69) is 49.4 Å². The van der Waals surface area contributed by atoms with Gasteiger partial charge in [0.15, 0.2) is 0 Å². The quantitative estimate of drug-likeness (QED) is 0.493. The fourth-order valence-corrected chi connectivity index (χ4v) is 2.52. The molecule has 0 aromatic heterocycles. The normalized spacial score (nSPS) is 9.36. The summed E-state index contributed by atoms with van der Waals surface area (Å²) in [4.78, 5) is 0. The number of rotatable bonds is 3. The van der Waals surface area contributed by atoms with Crippen molar-refractivity contribution in [3.05, 3.63) is 60.2 Å². The number of aryl methyl sites for hydroxylation is 1. The summed E-state index contributed by atoms with van der Waals surface area (Å²) < 4.78 is 5.21. The molecule has 3 rings (SSSR count). The SMILES string of the molecule is CCc1cc2c(-c3ccc(OC)cc3)cccc2[cH-]1.[Cl-].[Cl-].[Zr+3].